The Labute approximate surface area is 134 Å². The fourth-order valence-corrected chi connectivity index (χ4v) is 2.18. The van der Waals surface area contributed by atoms with Crippen LogP contribution in [0.15, 0.2) is 24.3 Å². The van der Waals surface area contributed by atoms with Crippen molar-refractivity contribution >= 4 is 17.4 Å². The van der Waals surface area contributed by atoms with E-state index in [1.807, 2.05) is 0 Å². The zero-order chi connectivity index (χ0) is 17.4. The molecule has 0 aliphatic rings. The normalized spacial score (nSPS) is 11.2. The summed E-state index contributed by atoms with van der Waals surface area (Å²) in [4.78, 5) is 20.0. The van der Waals surface area contributed by atoms with E-state index < -0.39 is 23.8 Å². The lowest BCUT2D eigenvalue weighted by atomic mass is 10.2. The summed E-state index contributed by atoms with van der Waals surface area (Å²) >= 11 is 0. The van der Waals surface area contributed by atoms with Crippen molar-refractivity contribution in [1.82, 2.24) is 19.6 Å². The predicted octanol–water partition coefficient (Wildman–Crippen LogP) is 3.07. The number of amides is 1. The Morgan fingerprint density at radius 3 is 2.67 bits per heavy atom. The van der Waals surface area contributed by atoms with Crippen molar-refractivity contribution in [1.29, 1.82) is 0 Å². The molecule has 1 aromatic carbocycles. The molecule has 0 bridgehead atoms. The van der Waals surface area contributed by atoms with Gasteiger partial charge in [0.15, 0.2) is 0 Å². The average Bonchev–Trinajstić information content (AvgIpc) is 2.93. The SMILES string of the molecule is Cc1ccc(F)c(NC(=O)c2nc3nc(C)cc(C(F)F)n3n2)c1. The van der Waals surface area contributed by atoms with Crippen molar-refractivity contribution in [2.45, 2.75) is 20.3 Å². The molecule has 0 saturated heterocycles. The molecule has 0 spiro atoms. The van der Waals surface area contributed by atoms with E-state index in [4.69, 9.17) is 0 Å². The number of aryl methyl sites for hydroxylation is 2. The van der Waals surface area contributed by atoms with Crippen LogP contribution in [0.1, 0.15) is 34.0 Å². The van der Waals surface area contributed by atoms with E-state index in [-0.39, 0.29) is 17.3 Å². The number of nitrogens with one attached hydrogen (secondary N) is 1. The first kappa shape index (κ1) is 15.9. The van der Waals surface area contributed by atoms with Crippen LogP contribution in [0.5, 0.6) is 0 Å². The highest BCUT2D eigenvalue weighted by atomic mass is 19.3. The molecule has 0 aliphatic heterocycles. The second kappa shape index (κ2) is 5.91. The van der Waals surface area contributed by atoms with Crippen LogP contribution >= 0.6 is 0 Å². The molecule has 0 fully saturated rings. The van der Waals surface area contributed by atoms with E-state index in [0.29, 0.717) is 5.69 Å². The summed E-state index contributed by atoms with van der Waals surface area (Å²) in [6.07, 6.45) is -2.80. The number of carbonyl (C=O) groups is 1. The molecule has 24 heavy (non-hydrogen) atoms. The Balaban J connectivity index is 1.99. The summed E-state index contributed by atoms with van der Waals surface area (Å²) in [5.74, 6) is -1.95. The summed E-state index contributed by atoms with van der Waals surface area (Å²) in [5, 5.41) is 6.08. The maximum atomic E-state index is 13.7. The van der Waals surface area contributed by atoms with Crippen LogP contribution in [0, 0.1) is 19.7 Å². The molecule has 3 aromatic rings. The Bertz CT molecular complexity index is 938. The summed E-state index contributed by atoms with van der Waals surface area (Å²) in [5.41, 5.74) is 0.594. The molecule has 0 unspecified atom stereocenters. The summed E-state index contributed by atoms with van der Waals surface area (Å²) in [6, 6.07) is 5.36. The number of nitrogens with zero attached hydrogens (tertiary/aromatic N) is 4. The highest BCUT2D eigenvalue weighted by Crippen LogP contribution is 2.20. The molecule has 6 nitrogen and oxygen atoms in total. The molecule has 0 atom stereocenters. The zero-order valence-corrected chi connectivity index (χ0v) is 12.7. The van der Waals surface area contributed by atoms with Crippen molar-refractivity contribution in [3.63, 3.8) is 0 Å². The van der Waals surface area contributed by atoms with E-state index in [0.717, 1.165) is 16.1 Å². The first-order chi connectivity index (χ1) is 11.3. The van der Waals surface area contributed by atoms with Gasteiger partial charge in [-0.15, -0.1) is 5.10 Å². The quantitative estimate of drug-likeness (QED) is 0.798. The minimum absolute atomic E-state index is 0.0444. The molecule has 1 N–H and O–H groups in total. The van der Waals surface area contributed by atoms with Crippen LogP contribution in [0.3, 0.4) is 0 Å². The number of carbonyl (C=O) groups excluding carboxylic acids is 1. The predicted molar refractivity (Wildman–Crippen MR) is 79.6 cm³/mol. The van der Waals surface area contributed by atoms with Crippen molar-refractivity contribution in [3.05, 3.63) is 52.9 Å². The van der Waals surface area contributed by atoms with Gasteiger partial charge in [-0.25, -0.2) is 18.2 Å². The second-order valence-electron chi connectivity index (χ2n) is 5.21. The van der Waals surface area contributed by atoms with Gasteiger partial charge in [-0.1, -0.05) is 6.07 Å². The number of aromatic nitrogens is 4. The van der Waals surface area contributed by atoms with Gasteiger partial charge in [0.1, 0.15) is 11.5 Å². The monoisotopic (exact) mass is 335 g/mol. The van der Waals surface area contributed by atoms with Gasteiger partial charge in [-0.05, 0) is 37.6 Å². The molecule has 0 radical (unpaired) electrons. The topological polar surface area (TPSA) is 72.2 Å². The number of fused-ring (bicyclic) bond motifs is 1. The molecule has 124 valence electrons. The van der Waals surface area contributed by atoms with Crippen LogP contribution in [0.25, 0.3) is 5.78 Å². The lowest BCUT2D eigenvalue weighted by Crippen LogP contribution is -2.15. The van der Waals surface area contributed by atoms with Crippen molar-refractivity contribution in [3.8, 4) is 0 Å². The lowest BCUT2D eigenvalue weighted by Gasteiger charge is -2.05. The van der Waals surface area contributed by atoms with Crippen LogP contribution in [0.2, 0.25) is 0 Å². The maximum absolute atomic E-state index is 13.7. The third-order valence-corrected chi connectivity index (χ3v) is 3.26. The molecular formula is C15H12F3N5O. The number of rotatable bonds is 3. The number of benzene rings is 1. The van der Waals surface area contributed by atoms with Crippen molar-refractivity contribution in [2.24, 2.45) is 0 Å². The molecule has 2 aromatic heterocycles. The number of alkyl halides is 2. The zero-order valence-electron chi connectivity index (χ0n) is 12.7. The average molecular weight is 335 g/mol. The maximum Gasteiger partial charge on any atom is 0.295 e. The third kappa shape index (κ3) is 2.92. The molecule has 0 saturated carbocycles. The summed E-state index contributed by atoms with van der Waals surface area (Å²) < 4.78 is 40.6. The van der Waals surface area contributed by atoms with Gasteiger partial charge < -0.3 is 5.32 Å². The van der Waals surface area contributed by atoms with E-state index in [1.54, 1.807) is 13.0 Å². The van der Waals surface area contributed by atoms with Crippen LogP contribution in [-0.4, -0.2) is 25.5 Å². The fraction of sp³-hybridized carbons (Fsp3) is 0.200. The molecule has 0 aliphatic carbocycles. The Morgan fingerprint density at radius 1 is 1.21 bits per heavy atom. The van der Waals surface area contributed by atoms with Gasteiger partial charge in [0.2, 0.25) is 5.82 Å². The van der Waals surface area contributed by atoms with Gasteiger partial charge in [-0.3, -0.25) is 4.79 Å². The Morgan fingerprint density at radius 2 is 1.96 bits per heavy atom. The third-order valence-electron chi connectivity index (χ3n) is 3.26. The van der Waals surface area contributed by atoms with E-state index in [1.165, 1.54) is 19.1 Å². The second-order valence-corrected chi connectivity index (χ2v) is 5.21. The van der Waals surface area contributed by atoms with Crippen LogP contribution in [-0.2, 0) is 0 Å². The molecule has 1 amide bonds. The highest BCUT2D eigenvalue weighted by molar-refractivity contribution is 6.01. The van der Waals surface area contributed by atoms with E-state index in [9.17, 15) is 18.0 Å². The number of hydrogen-bond donors (Lipinski definition) is 1. The Kier molecular flexibility index (Phi) is 3.92. The standard InChI is InChI=1S/C15H12F3N5O/c1-7-3-4-9(16)10(5-7)20-14(24)13-21-15-19-8(2)6-11(12(17)18)23(15)22-13/h3-6,12H,1-2H3,(H,20,24). The largest absolute Gasteiger partial charge is 0.317 e. The summed E-state index contributed by atoms with van der Waals surface area (Å²) in [7, 11) is 0. The highest BCUT2D eigenvalue weighted by Gasteiger charge is 2.20. The van der Waals surface area contributed by atoms with Crippen molar-refractivity contribution < 1.29 is 18.0 Å². The van der Waals surface area contributed by atoms with Gasteiger partial charge in [0.05, 0.1) is 5.69 Å². The fourth-order valence-electron chi connectivity index (χ4n) is 2.18. The van der Waals surface area contributed by atoms with E-state index >= 15 is 0 Å². The van der Waals surface area contributed by atoms with Gasteiger partial charge in [0, 0.05) is 5.69 Å². The first-order valence-electron chi connectivity index (χ1n) is 6.95. The Hall–Kier alpha value is -2.97. The molecular weight excluding hydrogens is 323 g/mol. The number of hydrogen-bond acceptors (Lipinski definition) is 4. The van der Waals surface area contributed by atoms with Crippen LogP contribution < -0.4 is 5.32 Å². The van der Waals surface area contributed by atoms with Crippen LogP contribution in [0.4, 0.5) is 18.9 Å². The van der Waals surface area contributed by atoms with Crippen molar-refractivity contribution in [2.75, 3.05) is 5.32 Å². The van der Waals surface area contributed by atoms with Gasteiger partial charge in [0.25, 0.3) is 18.1 Å². The first-order valence-corrected chi connectivity index (χ1v) is 6.95. The molecule has 9 heteroatoms. The summed E-state index contributed by atoms with van der Waals surface area (Å²) in [6.45, 7) is 3.27. The number of anilines is 1. The minimum Gasteiger partial charge on any atom is -0.317 e. The van der Waals surface area contributed by atoms with Gasteiger partial charge in [-0.2, -0.15) is 9.50 Å². The number of halogens is 3. The minimum atomic E-state index is -2.80. The molecule has 3 rings (SSSR count). The smallest absolute Gasteiger partial charge is 0.295 e. The molecule has 2 heterocycles. The lowest BCUT2D eigenvalue weighted by molar-refractivity contribution is 0.101. The van der Waals surface area contributed by atoms with E-state index in [2.05, 4.69) is 20.4 Å². The van der Waals surface area contributed by atoms with Gasteiger partial charge >= 0.3 is 0 Å².